The molecular weight excluding hydrogens is 699 g/mol. The Hall–Kier alpha value is -4.59. The quantitative estimate of drug-likeness (QED) is 0.136. The van der Waals surface area contributed by atoms with Gasteiger partial charge in [-0.1, -0.05) is 0 Å². The lowest BCUT2D eigenvalue weighted by Gasteiger charge is -2.25. The van der Waals surface area contributed by atoms with Crippen molar-refractivity contribution in [2.75, 3.05) is 0 Å². The van der Waals surface area contributed by atoms with E-state index in [2.05, 4.69) is 0 Å². The maximum atomic E-state index is 15.1. The van der Waals surface area contributed by atoms with Crippen LogP contribution in [0.4, 0.5) is 92.2 Å². The van der Waals surface area contributed by atoms with Crippen molar-refractivity contribution in [3.05, 3.63) is 121 Å². The summed E-state index contributed by atoms with van der Waals surface area (Å²) in [7, 11) is 0. The first kappa shape index (κ1) is 35.9. The fraction of sp³-hybridized carbons (Fsp3) is 0.0400. The fourth-order valence-electron chi connectivity index (χ4n) is 4.00. The molecule has 0 nitrogen and oxygen atoms in total. The zero-order valence-corrected chi connectivity index (χ0v) is 20.5. The molecule has 0 atom stereocenters. The van der Waals surface area contributed by atoms with Crippen molar-refractivity contribution in [1.29, 1.82) is 0 Å². The van der Waals surface area contributed by atoms with Gasteiger partial charge in [-0.25, -0.2) is 65.9 Å². The summed E-state index contributed by atoms with van der Waals surface area (Å²) < 4.78 is 295. The largest absolute Gasteiger partial charge is 0.306 e. The van der Waals surface area contributed by atoms with Crippen LogP contribution >= 0.6 is 0 Å². The maximum Gasteiger partial charge on any atom is 0.306 e. The average molecular weight is 700 g/mol. The Morgan fingerprint density at radius 3 is 0.543 bits per heavy atom. The van der Waals surface area contributed by atoms with E-state index in [4.69, 9.17) is 0 Å². The Bertz CT molecular complexity index is 1580. The molecule has 3 aromatic rings. The lowest BCUT2D eigenvalue weighted by atomic mass is 9.81. The van der Waals surface area contributed by atoms with Crippen LogP contribution in [0.15, 0.2) is 18.2 Å². The minimum Gasteiger partial charge on any atom is -0.203 e. The number of rotatable bonds is 6. The molecular formula is C25HF21. The summed E-state index contributed by atoms with van der Waals surface area (Å²) in [5.41, 5.74) is -18.3. The molecule has 248 valence electrons. The molecule has 0 bridgehead atoms. The van der Waals surface area contributed by atoms with Crippen LogP contribution in [-0.4, -0.2) is 0 Å². The van der Waals surface area contributed by atoms with Crippen molar-refractivity contribution in [2.24, 2.45) is 0 Å². The zero-order chi connectivity index (χ0) is 35.4. The van der Waals surface area contributed by atoms with Crippen LogP contribution in [0.25, 0.3) is 17.5 Å². The summed E-state index contributed by atoms with van der Waals surface area (Å²) in [5.74, 6) is -55.9. The van der Waals surface area contributed by atoms with Crippen molar-refractivity contribution in [3.8, 4) is 0 Å². The van der Waals surface area contributed by atoms with Gasteiger partial charge in [0.05, 0.1) is 22.6 Å². The second kappa shape index (κ2) is 12.7. The van der Waals surface area contributed by atoms with Gasteiger partial charge in [0.15, 0.2) is 69.8 Å². The predicted molar refractivity (Wildman–Crippen MR) is 110 cm³/mol. The molecule has 0 amide bonds. The summed E-state index contributed by atoms with van der Waals surface area (Å²) in [6, 6.07) is 0. The predicted octanol–water partition coefficient (Wildman–Crippen LogP) is 11.1. The van der Waals surface area contributed by atoms with Crippen LogP contribution in [0.2, 0.25) is 0 Å². The number of hydrogen-bond donors (Lipinski definition) is 0. The minimum absolute atomic E-state index is 3.00. The molecule has 0 unspecified atom stereocenters. The first-order valence-electron chi connectivity index (χ1n) is 10.8. The van der Waals surface area contributed by atoms with Gasteiger partial charge >= 0.3 is 18.2 Å². The molecule has 0 N–H and O–H groups in total. The Morgan fingerprint density at radius 1 is 0.261 bits per heavy atom. The van der Waals surface area contributed by atoms with Crippen molar-refractivity contribution >= 4 is 17.5 Å². The van der Waals surface area contributed by atoms with E-state index in [-0.39, 0.29) is 0 Å². The van der Waals surface area contributed by atoms with Gasteiger partial charge in [0.25, 0.3) is 0 Å². The Kier molecular flexibility index (Phi) is 9.88. The van der Waals surface area contributed by atoms with Gasteiger partial charge in [0, 0.05) is 16.7 Å². The highest BCUT2D eigenvalue weighted by atomic mass is 19.3. The highest BCUT2D eigenvalue weighted by Gasteiger charge is 2.44. The fourth-order valence-corrected chi connectivity index (χ4v) is 4.00. The van der Waals surface area contributed by atoms with Crippen LogP contribution in [0.1, 0.15) is 39.3 Å². The van der Waals surface area contributed by atoms with E-state index in [1.54, 1.807) is 0 Å². The van der Waals surface area contributed by atoms with Crippen LogP contribution in [0.5, 0.6) is 0 Å². The Labute approximate surface area is 238 Å². The van der Waals surface area contributed by atoms with E-state index in [1.807, 2.05) is 0 Å². The molecule has 0 radical (unpaired) electrons. The summed E-state index contributed by atoms with van der Waals surface area (Å²) in [5, 5.41) is 0. The van der Waals surface area contributed by atoms with Crippen LogP contribution < -0.4 is 0 Å². The van der Waals surface area contributed by atoms with E-state index in [9.17, 15) is 65.9 Å². The SMILES string of the molecule is FC(F)=C(F)c1c(F)c(F)c(C(c2c(F)c(F)c(C(F)=C(F)F)c(F)c2F)c2c(F)c(F)c(C(F)=C(F)F)c(F)c2F)c(F)c1F. The second-order valence-corrected chi connectivity index (χ2v) is 8.29. The molecule has 46 heavy (non-hydrogen) atoms. The van der Waals surface area contributed by atoms with E-state index in [1.165, 1.54) is 0 Å². The molecule has 0 fully saturated rings. The molecule has 0 heterocycles. The molecule has 0 saturated carbocycles. The summed E-state index contributed by atoms with van der Waals surface area (Å²) in [6.45, 7) is 0. The smallest absolute Gasteiger partial charge is 0.203 e. The van der Waals surface area contributed by atoms with Crippen molar-refractivity contribution < 1.29 is 92.2 Å². The molecule has 21 heteroatoms. The van der Waals surface area contributed by atoms with Crippen LogP contribution in [-0.2, 0) is 0 Å². The zero-order valence-electron chi connectivity index (χ0n) is 20.5. The summed E-state index contributed by atoms with van der Waals surface area (Å²) >= 11 is 0. The van der Waals surface area contributed by atoms with Gasteiger partial charge < -0.3 is 0 Å². The minimum atomic E-state index is -4.49. The molecule has 3 rings (SSSR count). The maximum absolute atomic E-state index is 15.1. The van der Waals surface area contributed by atoms with Crippen LogP contribution in [0.3, 0.4) is 0 Å². The lowest BCUT2D eigenvalue weighted by molar-refractivity contribution is 0.385. The number of halogens is 21. The summed E-state index contributed by atoms with van der Waals surface area (Å²) in [4.78, 5) is 0. The topological polar surface area (TPSA) is 0 Å². The third-order valence-electron chi connectivity index (χ3n) is 5.91. The average Bonchev–Trinajstić information content (AvgIpc) is 2.97. The molecule has 0 spiro atoms. The van der Waals surface area contributed by atoms with Gasteiger partial charge in [0.2, 0.25) is 17.5 Å². The van der Waals surface area contributed by atoms with Gasteiger partial charge in [0.1, 0.15) is 0 Å². The van der Waals surface area contributed by atoms with Crippen molar-refractivity contribution in [3.63, 3.8) is 0 Å². The normalized spacial score (nSPS) is 11.3. The molecule has 0 aliphatic heterocycles. The van der Waals surface area contributed by atoms with Crippen molar-refractivity contribution in [1.82, 2.24) is 0 Å². The molecule has 0 saturated heterocycles. The van der Waals surface area contributed by atoms with Gasteiger partial charge in [-0.05, 0) is 0 Å². The Morgan fingerprint density at radius 2 is 0.413 bits per heavy atom. The number of hydrogen-bond acceptors (Lipinski definition) is 0. The first-order valence-corrected chi connectivity index (χ1v) is 10.8. The van der Waals surface area contributed by atoms with Gasteiger partial charge in [-0.2, -0.15) is 26.3 Å². The molecule has 0 aliphatic carbocycles. The third-order valence-corrected chi connectivity index (χ3v) is 5.91. The summed E-state index contributed by atoms with van der Waals surface area (Å²) in [6.07, 6.45) is -11.2. The molecule has 0 aromatic heterocycles. The molecule has 0 aliphatic rings. The third kappa shape index (κ3) is 5.44. The monoisotopic (exact) mass is 700 g/mol. The molecule has 3 aromatic carbocycles. The van der Waals surface area contributed by atoms with E-state index < -0.39 is 145 Å². The lowest BCUT2D eigenvalue weighted by Crippen LogP contribution is -2.22. The standard InChI is InChI=1S/C25HF21/c26-8-2(9(27)15(33)5(14(8)32)20(38)23(41)42)1(3-10(28)16(34)6(17(35)11(3)29)21(39)24(43)44)4-12(30)18(36)7(19(37)13(4)31)22(40)25(45)46/h1H. The second-order valence-electron chi connectivity index (χ2n) is 8.29. The van der Waals surface area contributed by atoms with Crippen molar-refractivity contribution in [2.45, 2.75) is 5.92 Å². The van der Waals surface area contributed by atoms with Crippen LogP contribution in [0, 0.1) is 69.8 Å². The van der Waals surface area contributed by atoms with Gasteiger partial charge in [-0.3, -0.25) is 0 Å². The van der Waals surface area contributed by atoms with Gasteiger partial charge in [-0.15, -0.1) is 0 Å². The number of benzene rings is 3. The first-order chi connectivity index (χ1) is 21.1. The van der Waals surface area contributed by atoms with E-state index >= 15 is 26.3 Å². The Balaban J connectivity index is 2.76. The highest BCUT2D eigenvalue weighted by Crippen LogP contribution is 2.47. The van der Waals surface area contributed by atoms with E-state index in [0.29, 0.717) is 0 Å². The highest BCUT2D eigenvalue weighted by molar-refractivity contribution is 5.66. The van der Waals surface area contributed by atoms with E-state index in [0.717, 1.165) is 0 Å².